The number of fused-ring (bicyclic) bond motifs is 3. The highest BCUT2D eigenvalue weighted by Gasteiger charge is 2.33. The molecule has 3 aromatic carbocycles. The molecule has 386 valence electrons. The van der Waals surface area contributed by atoms with E-state index in [9.17, 15) is 28.1 Å². The van der Waals surface area contributed by atoms with Crippen molar-refractivity contribution in [1.82, 2.24) is 8.94 Å². The number of hydrogen-bond donors (Lipinski definition) is 3. The van der Waals surface area contributed by atoms with Crippen molar-refractivity contribution in [2.24, 2.45) is 16.1 Å². The maximum Gasteiger partial charge on any atom is 0.320 e. The number of methoxy groups -OCH3 is 1. The summed E-state index contributed by atoms with van der Waals surface area (Å²) in [5, 5.41) is 8.28. The number of alkyl halides is 3. The van der Waals surface area contributed by atoms with Crippen LogP contribution in [-0.4, -0.2) is 112 Å². The minimum absolute atomic E-state index is 0.0371. The first-order chi connectivity index (χ1) is 33.5. The van der Waals surface area contributed by atoms with Crippen LogP contribution in [0.3, 0.4) is 0 Å². The van der Waals surface area contributed by atoms with Gasteiger partial charge in [-0.2, -0.15) is 4.37 Å². The number of aryl methyl sites for hydroxylation is 2. The third kappa shape index (κ3) is 16.0. The van der Waals surface area contributed by atoms with Crippen molar-refractivity contribution < 1.29 is 52.3 Å². The van der Waals surface area contributed by atoms with Gasteiger partial charge in [-0.25, -0.2) is 9.38 Å². The molecular weight excluding hydrogens is 1020 g/mol. The first kappa shape index (κ1) is 58.5. The molecule has 0 aliphatic carbocycles. The SMILES string of the molecule is C#CCN1C(=O)COc2cc(F)c(N=c3snc4n3CC(C)(C)C4)cc21.CC1COc2ccccc2N1C(=O)C(Cl)Cl.CCc1cccc(CC)c1N(COC)C(=O)CCl.CP(=O)(O)CCC(N)C(=O)O. The Morgan fingerprint density at radius 3 is 2.35 bits per heavy atom. The minimum Gasteiger partial charge on any atom is -0.489 e. The number of rotatable bonds is 13. The first-order valence-corrected chi connectivity index (χ1v) is 26.8. The van der Waals surface area contributed by atoms with Crippen LogP contribution >= 0.6 is 53.7 Å². The molecule has 1 aromatic heterocycles. The highest BCUT2D eigenvalue weighted by molar-refractivity contribution is 7.57. The lowest BCUT2D eigenvalue weighted by Crippen LogP contribution is -2.47. The zero-order chi connectivity index (χ0) is 52.8. The van der Waals surface area contributed by atoms with Crippen LogP contribution < -0.4 is 34.7 Å². The molecule has 3 unspecified atom stereocenters. The molecule has 7 rings (SSSR count). The molecule has 0 bridgehead atoms. The van der Waals surface area contributed by atoms with E-state index in [2.05, 4.69) is 43.0 Å². The average Bonchev–Trinajstić information content (AvgIpc) is 3.85. The topological polar surface area (TPSA) is 219 Å². The van der Waals surface area contributed by atoms with Crippen molar-refractivity contribution in [3.05, 3.63) is 82.2 Å². The van der Waals surface area contributed by atoms with Crippen LogP contribution in [0.1, 0.15) is 58.0 Å². The van der Waals surface area contributed by atoms with Crippen LogP contribution in [0.15, 0.2) is 59.6 Å². The number of nitrogens with two attached hydrogens (primary N) is 1. The Morgan fingerprint density at radius 1 is 1.11 bits per heavy atom. The van der Waals surface area contributed by atoms with Crippen molar-refractivity contribution in [3.8, 4) is 23.8 Å². The molecule has 3 aliphatic rings. The van der Waals surface area contributed by atoms with Crippen LogP contribution in [0.4, 0.5) is 27.1 Å². The number of terminal acetylenes is 1. The summed E-state index contributed by atoms with van der Waals surface area (Å²) in [6.45, 7) is 13.0. The summed E-state index contributed by atoms with van der Waals surface area (Å²) in [6.07, 6.45) is 7.96. The van der Waals surface area contributed by atoms with Gasteiger partial charge in [0, 0.05) is 50.5 Å². The highest BCUT2D eigenvalue weighted by Crippen LogP contribution is 2.39. The van der Waals surface area contributed by atoms with Crippen molar-refractivity contribution in [1.29, 1.82) is 0 Å². The maximum absolute atomic E-state index is 14.5. The summed E-state index contributed by atoms with van der Waals surface area (Å²) in [5.41, 5.74) is 9.73. The molecule has 0 fully saturated rings. The average molecular weight is 1080 g/mol. The van der Waals surface area contributed by atoms with Crippen molar-refractivity contribution in [2.45, 2.75) is 83.8 Å². The Hall–Kier alpha value is -5.03. The highest BCUT2D eigenvalue weighted by atomic mass is 35.5. The van der Waals surface area contributed by atoms with E-state index in [-0.39, 0.29) is 73.2 Å². The molecule has 0 saturated heterocycles. The zero-order valence-electron chi connectivity index (χ0n) is 40.6. The molecule has 3 aliphatic heterocycles. The van der Waals surface area contributed by atoms with Gasteiger partial charge in [-0.05, 0) is 60.9 Å². The summed E-state index contributed by atoms with van der Waals surface area (Å²) in [5.74, 6) is 1.98. The second kappa shape index (κ2) is 26.6. The van der Waals surface area contributed by atoms with Gasteiger partial charge >= 0.3 is 5.97 Å². The number of aliphatic carboxylic acids is 1. The van der Waals surface area contributed by atoms with E-state index < -0.39 is 30.0 Å². The number of carbonyl (C=O) groups excluding carboxylic acids is 3. The third-order valence-electron chi connectivity index (χ3n) is 11.0. The predicted octanol–water partition coefficient (Wildman–Crippen LogP) is 7.54. The number of anilines is 3. The molecule has 4 heterocycles. The van der Waals surface area contributed by atoms with Crippen molar-refractivity contribution in [3.63, 3.8) is 0 Å². The van der Waals surface area contributed by atoms with Gasteiger partial charge < -0.3 is 39.4 Å². The number of benzene rings is 3. The first-order valence-electron chi connectivity index (χ1n) is 22.4. The molecule has 4 N–H and O–H groups in total. The number of aromatic nitrogens is 2. The minimum atomic E-state index is -3.10. The van der Waals surface area contributed by atoms with Gasteiger partial charge in [0.1, 0.15) is 48.3 Å². The monoisotopic (exact) mass is 1080 g/mol. The number of ether oxygens (including phenoxy) is 3. The number of carbonyl (C=O) groups is 4. The third-order valence-corrected chi connectivity index (χ3v) is 13.5. The Morgan fingerprint density at radius 2 is 1.77 bits per heavy atom. The Kier molecular flexibility index (Phi) is 21.9. The standard InChI is InChI=1S/C18H17FN4O2S.C14H20ClNO2.C11H11Cl2NO2.C5H12NO4P/c1-4-5-22-13-7-12(11(19)6-14(13)25-9-16(22)24)20-17-23-10-18(2,3)8-15(23)21-26-17;1-4-11-7-6-8-12(5-2)14(11)16(10-18-3)13(17)9-15;1-7-6-16-9-5-3-2-4-8(9)14(7)11(15)10(12)13;1-11(9,10)3-2-4(6)5(7)8/h1,6-7H,5,8-10H2,2-3H3;6-8H,4-5,9-10H2,1-3H3;2-5,7,10H,6H2,1H3;4H,2-3,6H2,1H3,(H,7,8)(H,9,10). The van der Waals surface area contributed by atoms with Gasteiger partial charge in [-0.15, -0.1) is 18.0 Å². The molecule has 23 heteroatoms. The fourth-order valence-corrected chi connectivity index (χ4v) is 9.38. The van der Waals surface area contributed by atoms with Crippen molar-refractivity contribution >= 4 is 100 Å². The number of hydrogen-bond acceptors (Lipinski definition) is 12. The lowest BCUT2D eigenvalue weighted by molar-refractivity contribution is -0.138. The van der Waals surface area contributed by atoms with Crippen molar-refractivity contribution in [2.75, 3.05) is 67.0 Å². The van der Waals surface area contributed by atoms with Gasteiger partial charge in [0.2, 0.25) is 10.7 Å². The summed E-state index contributed by atoms with van der Waals surface area (Å²) in [7, 11) is -1.52. The molecular formula is C48H60Cl3FN7O10PS. The zero-order valence-corrected chi connectivity index (χ0v) is 44.6. The van der Waals surface area contributed by atoms with Crippen LogP contribution in [0.2, 0.25) is 0 Å². The summed E-state index contributed by atoms with van der Waals surface area (Å²) < 4.78 is 47.6. The molecule has 71 heavy (non-hydrogen) atoms. The van der Waals surface area contributed by atoms with E-state index >= 15 is 0 Å². The van der Waals surface area contributed by atoms with E-state index in [0.29, 0.717) is 28.6 Å². The Bertz CT molecular complexity index is 2670. The van der Waals surface area contributed by atoms with Gasteiger partial charge in [-0.1, -0.05) is 87.1 Å². The summed E-state index contributed by atoms with van der Waals surface area (Å²) in [4.78, 5) is 63.4. The molecule has 3 amide bonds. The number of para-hydroxylation sites is 3. The number of carboxylic acids is 1. The Balaban J connectivity index is 0.000000216. The fraction of sp³-hybridized carbons (Fsp3) is 0.458. The molecule has 0 saturated carbocycles. The van der Waals surface area contributed by atoms with Crippen LogP contribution in [0.5, 0.6) is 11.5 Å². The molecule has 0 spiro atoms. The number of nitrogens with zero attached hydrogens (tertiary/aromatic N) is 6. The number of halogens is 4. The molecule has 0 radical (unpaired) electrons. The lowest BCUT2D eigenvalue weighted by Gasteiger charge is -2.35. The summed E-state index contributed by atoms with van der Waals surface area (Å²) >= 11 is 18.2. The largest absolute Gasteiger partial charge is 0.489 e. The molecule has 17 nitrogen and oxygen atoms in total. The van der Waals surface area contributed by atoms with E-state index in [1.54, 1.807) is 16.9 Å². The second-order valence-electron chi connectivity index (χ2n) is 17.3. The smallest absolute Gasteiger partial charge is 0.320 e. The number of carboxylic acid groups (broad SMARTS) is 1. The van der Waals surface area contributed by atoms with E-state index in [4.69, 9.17) is 71.2 Å². The predicted molar refractivity (Wildman–Crippen MR) is 276 cm³/mol. The fourth-order valence-electron chi connectivity index (χ4n) is 7.51. The second-order valence-corrected chi connectivity index (χ2v) is 22.0. The van der Waals surface area contributed by atoms with Crippen LogP contribution in [0.25, 0.3) is 0 Å². The quantitative estimate of drug-likeness (QED) is 0.0512. The van der Waals surface area contributed by atoms with Crippen LogP contribution in [0, 0.1) is 23.6 Å². The number of amides is 3. The van der Waals surface area contributed by atoms with Gasteiger partial charge in [0.25, 0.3) is 11.8 Å². The van der Waals surface area contributed by atoms with E-state index in [1.807, 2.05) is 54.0 Å². The van der Waals surface area contributed by atoms with Gasteiger partial charge in [0.15, 0.2) is 24.6 Å². The lowest BCUT2D eigenvalue weighted by atomic mass is 9.92. The Labute approximate surface area is 432 Å². The van der Waals surface area contributed by atoms with E-state index in [1.165, 1.54) is 35.2 Å². The van der Waals surface area contributed by atoms with Gasteiger partial charge in [-0.3, -0.25) is 33.5 Å². The maximum atomic E-state index is 14.5. The van der Waals surface area contributed by atoms with Gasteiger partial charge in [0.05, 0.1) is 29.6 Å². The van der Waals surface area contributed by atoms with E-state index in [0.717, 1.165) is 54.1 Å². The summed E-state index contributed by atoms with van der Waals surface area (Å²) in [6, 6.07) is 15.1. The molecule has 3 atom stereocenters. The normalized spacial score (nSPS) is 16.6. The van der Waals surface area contributed by atoms with Crippen LogP contribution in [-0.2, 0) is 54.3 Å². The molecule has 4 aromatic rings.